The van der Waals surface area contributed by atoms with Crippen LogP contribution in [0.3, 0.4) is 0 Å². The SMILES string of the molecule is CC(C)(C)c1ccc(CSc2nccc(=O)[nH]2)cc1. The van der Waals surface area contributed by atoms with Crippen LogP contribution >= 0.6 is 11.8 Å². The summed E-state index contributed by atoms with van der Waals surface area (Å²) in [6, 6.07) is 10.0. The highest BCUT2D eigenvalue weighted by Gasteiger charge is 2.12. The molecule has 1 aromatic carbocycles. The third kappa shape index (κ3) is 3.96. The van der Waals surface area contributed by atoms with Crippen molar-refractivity contribution in [1.82, 2.24) is 9.97 Å². The summed E-state index contributed by atoms with van der Waals surface area (Å²) < 4.78 is 0. The van der Waals surface area contributed by atoms with Crippen molar-refractivity contribution in [3.63, 3.8) is 0 Å². The molecule has 0 bridgehead atoms. The maximum atomic E-state index is 11.1. The minimum atomic E-state index is -0.111. The summed E-state index contributed by atoms with van der Waals surface area (Å²) in [5, 5.41) is 0.660. The minimum Gasteiger partial charge on any atom is -0.301 e. The maximum absolute atomic E-state index is 11.1. The van der Waals surface area contributed by atoms with Gasteiger partial charge in [0.2, 0.25) is 0 Å². The van der Waals surface area contributed by atoms with Crippen molar-refractivity contribution in [2.24, 2.45) is 0 Å². The van der Waals surface area contributed by atoms with Gasteiger partial charge in [-0.05, 0) is 16.5 Å². The van der Waals surface area contributed by atoms with Crippen molar-refractivity contribution in [3.8, 4) is 0 Å². The highest BCUT2D eigenvalue weighted by Crippen LogP contribution is 2.24. The van der Waals surface area contributed by atoms with Crippen molar-refractivity contribution in [1.29, 1.82) is 0 Å². The fourth-order valence-corrected chi connectivity index (χ4v) is 2.48. The average Bonchev–Trinajstić information content (AvgIpc) is 2.36. The number of thioether (sulfide) groups is 1. The van der Waals surface area contributed by atoms with Crippen molar-refractivity contribution < 1.29 is 0 Å². The van der Waals surface area contributed by atoms with Crippen molar-refractivity contribution in [2.75, 3.05) is 0 Å². The quantitative estimate of drug-likeness (QED) is 0.689. The number of aromatic nitrogens is 2. The molecule has 4 heteroatoms. The normalized spacial score (nSPS) is 11.5. The molecule has 0 saturated carbocycles. The lowest BCUT2D eigenvalue weighted by Gasteiger charge is -2.19. The van der Waals surface area contributed by atoms with Crippen LogP contribution in [0.1, 0.15) is 31.9 Å². The monoisotopic (exact) mass is 274 g/mol. The molecule has 0 aliphatic rings. The van der Waals surface area contributed by atoms with Crippen LogP contribution < -0.4 is 5.56 Å². The smallest absolute Gasteiger partial charge is 0.251 e. The van der Waals surface area contributed by atoms with Crippen LogP contribution in [-0.4, -0.2) is 9.97 Å². The molecule has 0 spiro atoms. The molecule has 1 heterocycles. The van der Waals surface area contributed by atoms with Crippen LogP contribution in [0, 0.1) is 0 Å². The third-order valence-electron chi connectivity index (χ3n) is 2.84. The second kappa shape index (κ2) is 5.61. The lowest BCUT2D eigenvalue weighted by Crippen LogP contribution is -2.10. The van der Waals surface area contributed by atoms with E-state index in [-0.39, 0.29) is 11.0 Å². The summed E-state index contributed by atoms with van der Waals surface area (Å²) in [4.78, 5) is 18.0. The number of hydrogen-bond donors (Lipinski definition) is 1. The van der Waals surface area contributed by atoms with Gasteiger partial charge in [0.05, 0.1) is 0 Å². The van der Waals surface area contributed by atoms with Crippen LogP contribution in [-0.2, 0) is 11.2 Å². The predicted molar refractivity (Wildman–Crippen MR) is 79.6 cm³/mol. The van der Waals surface area contributed by atoms with Gasteiger partial charge in [0.15, 0.2) is 5.16 Å². The number of rotatable bonds is 3. The lowest BCUT2D eigenvalue weighted by atomic mass is 9.87. The van der Waals surface area contributed by atoms with Crippen LogP contribution in [0.25, 0.3) is 0 Å². The summed E-state index contributed by atoms with van der Waals surface area (Å²) >= 11 is 1.53. The Kier molecular flexibility index (Phi) is 4.10. The molecule has 3 nitrogen and oxygen atoms in total. The maximum Gasteiger partial charge on any atom is 0.251 e. The van der Waals surface area contributed by atoms with Gasteiger partial charge in [0, 0.05) is 18.0 Å². The number of nitrogens with one attached hydrogen (secondary N) is 1. The molecule has 0 unspecified atom stereocenters. The first kappa shape index (κ1) is 13.9. The third-order valence-corrected chi connectivity index (χ3v) is 3.80. The zero-order valence-corrected chi connectivity index (χ0v) is 12.3. The van der Waals surface area contributed by atoms with Gasteiger partial charge in [-0.3, -0.25) is 4.79 Å². The van der Waals surface area contributed by atoms with Gasteiger partial charge in [-0.15, -0.1) is 0 Å². The number of hydrogen-bond acceptors (Lipinski definition) is 3. The van der Waals surface area contributed by atoms with Crippen molar-refractivity contribution in [2.45, 2.75) is 37.1 Å². The Hall–Kier alpha value is -1.55. The Morgan fingerprint density at radius 2 is 1.84 bits per heavy atom. The van der Waals surface area contributed by atoms with E-state index in [2.05, 4.69) is 55.0 Å². The Bertz CT molecular complexity index is 597. The molecule has 0 saturated heterocycles. The van der Waals surface area contributed by atoms with Gasteiger partial charge in [0.25, 0.3) is 5.56 Å². The molecule has 0 aliphatic carbocycles. The Morgan fingerprint density at radius 3 is 2.42 bits per heavy atom. The van der Waals surface area contributed by atoms with E-state index in [1.54, 1.807) is 0 Å². The molecule has 2 rings (SSSR count). The molecule has 1 N–H and O–H groups in total. The van der Waals surface area contributed by atoms with Gasteiger partial charge in [-0.1, -0.05) is 56.8 Å². The van der Waals surface area contributed by atoms with Gasteiger partial charge >= 0.3 is 0 Å². The summed E-state index contributed by atoms with van der Waals surface area (Å²) in [5.41, 5.74) is 2.62. The lowest BCUT2D eigenvalue weighted by molar-refractivity contribution is 0.590. The highest BCUT2D eigenvalue weighted by molar-refractivity contribution is 7.98. The van der Waals surface area contributed by atoms with Gasteiger partial charge < -0.3 is 4.98 Å². The fraction of sp³-hybridized carbons (Fsp3) is 0.333. The molecule has 0 amide bonds. The van der Waals surface area contributed by atoms with E-state index in [1.165, 1.54) is 35.2 Å². The zero-order chi connectivity index (χ0) is 13.9. The predicted octanol–water partition coefficient (Wildman–Crippen LogP) is 3.36. The van der Waals surface area contributed by atoms with Gasteiger partial charge in [0.1, 0.15) is 0 Å². The van der Waals surface area contributed by atoms with E-state index in [1.807, 2.05) is 0 Å². The zero-order valence-electron chi connectivity index (χ0n) is 11.4. The van der Waals surface area contributed by atoms with E-state index in [4.69, 9.17) is 0 Å². The summed E-state index contributed by atoms with van der Waals surface area (Å²) in [5.74, 6) is 0.803. The molecule has 19 heavy (non-hydrogen) atoms. The van der Waals surface area contributed by atoms with Crippen LogP contribution in [0.4, 0.5) is 0 Å². The first-order valence-electron chi connectivity index (χ1n) is 6.23. The molecular formula is C15H18N2OS. The summed E-state index contributed by atoms with van der Waals surface area (Å²) in [7, 11) is 0. The topological polar surface area (TPSA) is 45.8 Å². The largest absolute Gasteiger partial charge is 0.301 e. The van der Waals surface area contributed by atoms with Crippen molar-refractivity contribution in [3.05, 3.63) is 58.0 Å². The van der Waals surface area contributed by atoms with Crippen LogP contribution in [0.15, 0.2) is 46.5 Å². The highest BCUT2D eigenvalue weighted by atomic mass is 32.2. The molecule has 100 valence electrons. The average molecular weight is 274 g/mol. The summed E-state index contributed by atoms with van der Waals surface area (Å²) in [6.07, 6.45) is 1.53. The van der Waals surface area contributed by atoms with Crippen LogP contribution in [0.2, 0.25) is 0 Å². The van der Waals surface area contributed by atoms with E-state index in [0.29, 0.717) is 5.16 Å². The molecule has 2 aromatic rings. The Balaban J connectivity index is 2.03. The number of nitrogens with zero attached hydrogens (tertiary/aromatic N) is 1. The molecule has 1 aromatic heterocycles. The first-order valence-corrected chi connectivity index (χ1v) is 7.21. The van der Waals surface area contributed by atoms with E-state index in [9.17, 15) is 4.79 Å². The molecule has 0 fully saturated rings. The standard InChI is InChI=1S/C15H18N2OS/c1-15(2,3)12-6-4-11(5-7-12)10-19-14-16-9-8-13(18)17-14/h4-9H,10H2,1-3H3,(H,16,17,18). The molecule has 0 aliphatic heterocycles. The number of benzene rings is 1. The van der Waals surface area contributed by atoms with Gasteiger partial charge in [-0.2, -0.15) is 0 Å². The van der Waals surface area contributed by atoms with E-state index >= 15 is 0 Å². The second-order valence-electron chi connectivity index (χ2n) is 5.47. The Labute approximate surface area is 117 Å². The van der Waals surface area contributed by atoms with E-state index < -0.39 is 0 Å². The van der Waals surface area contributed by atoms with Gasteiger partial charge in [-0.25, -0.2) is 4.98 Å². The molecular weight excluding hydrogens is 256 g/mol. The second-order valence-corrected chi connectivity index (χ2v) is 6.44. The fourth-order valence-electron chi connectivity index (χ4n) is 1.68. The molecule has 0 atom stereocenters. The number of H-pyrrole nitrogens is 1. The minimum absolute atomic E-state index is 0.111. The number of aromatic amines is 1. The summed E-state index contributed by atoms with van der Waals surface area (Å²) in [6.45, 7) is 6.61. The van der Waals surface area contributed by atoms with Crippen molar-refractivity contribution >= 4 is 11.8 Å². The van der Waals surface area contributed by atoms with Crippen LogP contribution in [0.5, 0.6) is 0 Å². The van der Waals surface area contributed by atoms with E-state index in [0.717, 1.165) is 5.75 Å². The first-order chi connectivity index (χ1) is 8.95. The Morgan fingerprint density at radius 1 is 1.16 bits per heavy atom. The molecule has 0 radical (unpaired) electrons.